The summed E-state index contributed by atoms with van der Waals surface area (Å²) in [6, 6.07) is -0.771. The average Bonchev–Trinajstić information content (AvgIpc) is 2.38. The van der Waals surface area contributed by atoms with Crippen molar-refractivity contribution < 1.29 is 14.7 Å². The SMILES string of the molecule is Cc1ncc(CSCC(N)C(=O)NCC(=O)O)c(N)n1. The third-order valence-electron chi connectivity index (χ3n) is 2.32. The van der Waals surface area contributed by atoms with E-state index in [1.165, 1.54) is 11.8 Å². The molecule has 0 spiro atoms. The molecule has 0 aliphatic heterocycles. The fraction of sp³-hybridized carbons (Fsp3) is 0.455. The minimum absolute atomic E-state index is 0.346. The molecule has 1 unspecified atom stereocenters. The molecule has 6 N–H and O–H groups in total. The summed E-state index contributed by atoms with van der Waals surface area (Å²) in [5.41, 5.74) is 12.2. The van der Waals surface area contributed by atoms with Gasteiger partial charge in [-0.05, 0) is 6.92 Å². The van der Waals surface area contributed by atoms with Crippen LogP contribution in [0.15, 0.2) is 6.20 Å². The zero-order chi connectivity index (χ0) is 15.1. The first-order valence-corrected chi connectivity index (χ1v) is 6.96. The van der Waals surface area contributed by atoms with Crippen LogP contribution in [-0.2, 0) is 15.3 Å². The van der Waals surface area contributed by atoms with Crippen molar-refractivity contribution in [2.45, 2.75) is 18.7 Å². The van der Waals surface area contributed by atoms with E-state index in [2.05, 4.69) is 15.3 Å². The molecule has 1 rings (SSSR count). The second-order valence-electron chi connectivity index (χ2n) is 4.06. The Labute approximate surface area is 120 Å². The lowest BCUT2D eigenvalue weighted by Crippen LogP contribution is -2.44. The van der Waals surface area contributed by atoms with Gasteiger partial charge in [0.05, 0.1) is 6.04 Å². The number of nitrogen functional groups attached to an aromatic ring is 1. The van der Waals surface area contributed by atoms with E-state index < -0.39 is 24.5 Å². The van der Waals surface area contributed by atoms with Crippen molar-refractivity contribution in [3.8, 4) is 0 Å². The highest BCUT2D eigenvalue weighted by Crippen LogP contribution is 2.16. The van der Waals surface area contributed by atoms with E-state index in [9.17, 15) is 9.59 Å². The molecule has 1 amide bonds. The lowest BCUT2D eigenvalue weighted by atomic mass is 10.3. The van der Waals surface area contributed by atoms with Gasteiger partial charge in [-0.1, -0.05) is 0 Å². The smallest absolute Gasteiger partial charge is 0.322 e. The van der Waals surface area contributed by atoms with Crippen LogP contribution < -0.4 is 16.8 Å². The van der Waals surface area contributed by atoms with Crippen molar-refractivity contribution in [3.63, 3.8) is 0 Å². The predicted molar refractivity (Wildman–Crippen MR) is 76.0 cm³/mol. The summed E-state index contributed by atoms with van der Waals surface area (Å²) in [6.07, 6.45) is 1.64. The number of nitrogens with two attached hydrogens (primary N) is 2. The number of carboxylic acids is 1. The number of amides is 1. The average molecular weight is 299 g/mol. The largest absolute Gasteiger partial charge is 0.480 e. The van der Waals surface area contributed by atoms with Gasteiger partial charge in [0.1, 0.15) is 18.2 Å². The summed E-state index contributed by atoms with van der Waals surface area (Å²) >= 11 is 1.40. The van der Waals surface area contributed by atoms with Gasteiger partial charge in [-0.3, -0.25) is 9.59 Å². The van der Waals surface area contributed by atoms with Crippen molar-refractivity contribution in [3.05, 3.63) is 17.6 Å². The maximum atomic E-state index is 11.4. The lowest BCUT2D eigenvalue weighted by Gasteiger charge is -2.11. The first-order valence-electron chi connectivity index (χ1n) is 5.81. The van der Waals surface area contributed by atoms with E-state index in [-0.39, 0.29) is 0 Å². The first kappa shape index (κ1) is 16.2. The molecule has 20 heavy (non-hydrogen) atoms. The van der Waals surface area contributed by atoms with Gasteiger partial charge >= 0.3 is 5.97 Å². The molecule has 110 valence electrons. The predicted octanol–water partition coefficient (Wildman–Crippen LogP) is -0.871. The number of aromatic nitrogens is 2. The van der Waals surface area contributed by atoms with Gasteiger partial charge in [0, 0.05) is 23.3 Å². The van der Waals surface area contributed by atoms with Crippen LogP contribution in [0.1, 0.15) is 11.4 Å². The van der Waals surface area contributed by atoms with Crippen LogP contribution in [0, 0.1) is 6.92 Å². The summed E-state index contributed by atoms with van der Waals surface area (Å²) in [4.78, 5) is 29.8. The number of aliphatic carboxylic acids is 1. The van der Waals surface area contributed by atoms with E-state index in [0.29, 0.717) is 23.1 Å². The zero-order valence-corrected chi connectivity index (χ0v) is 11.8. The molecule has 0 aromatic carbocycles. The van der Waals surface area contributed by atoms with Gasteiger partial charge in [-0.2, -0.15) is 11.8 Å². The highest BCUT2D eigenvalue weighted by Gasteiger charge is 2.14. The Morgan fingerprint density at radius 3 is 2.85 bits per heavy atom. The van der Waals surface area contributed by atoms with Crippen molar-refractivity contribution in [1.29, 1.82) is 0 Å². The van der Waals surface area contributed by atoms with Crippen LogP contribution in [0.2, 0.25) is 0 Å². The van der Waals surface area contributed by atoms with Crippen LogP contribution in [0.25, 0.3) is 0 Å². The van der Waals surface area contributed by atoms with Crippen LogP contribution in [0.3, 0.4) is 0 Å². The van der Waals surface area contributed by atoms with Crippen LogP contribution in [-0.4, -0.2) is 45.3 Å². The van der Waals surface area contributed by atoms with E-state index >= 15 is 0 Å². The van der Waals surface area contributed by atoms with Crippen LogP contribution >= 0.6 is 11.8 Å². The van der Waals surface area contributed by atoms with Crippen molar-refractivity contribution in [1.82, 2.24) is 15.3 Å². The molecule has 0 bridgehead atoms. The van der Waals surface area contributed by atoms with Gasteiger partial charge in [-0.15, -0.1) is 0 Å². The Morgan fingerprint density at radius 1 is 1.55 bits per heavy atom. The highest BCUT2D eigenvalue weighted by molar-refractivity contribution is 7.98. The number of nitrogens with zero attached hydrogens (tertiary/aromatic N) is 2. The minimum atomic E-state index is -1.11. The van der Waals surface area contributed by atoms with Crippen LogP contribution in [0.4, 0.5) is 5.82 Å². The Hall–Kier alpha value is -1.87. The third-order valence-corrected chi connectivity index (χ3v) is 3.43. The summed E-state index contributed by atoms with van der Waals surface area (Å²) in [6.45, 7) is 1.31. The van der Waals surface area contributed by atoms with E-state index in [1.54, 1.807) is 13.1 Å². The van der Waals surface area contributed by atoms with Gasteiger partial charge in [-0.25, -0.2) is 9.97 Å². The van der Waals surface area contributed by atoms with Gasteiger partial charge in [0.15, 0.2) is 0 Å². The van der Waals surface area contributed by atoms with E-state index in [0.717, 1.165) is 5.56 Å². The first-order chi connectivity index (χ1) is 9.40. The molecule has 0 fully saturated rings. The fourth-order valence-electron chi connectivity index (χ4n) is 1.29. The topological polar surface area (TPSA) is 144 Å². The summed E-state index contributed by atoms with van der Waals surface area (Å²) in [5, 5.41) is 10.7. The molecule has 0 aliphatic rings. The quantitative estimate of drug-likeness (QED) is 0.508. The number of carbonyl (C=O) groups excluding carboxylic acids is 1. The second-order valence-corrected chi connectivity index (χ2v) is 5.09. The molecule has 8 nitrogen and oxygen atoms in total. The minimum Gasteiger partial charge on any atom is -0.480 e. The molecule has 1 heterocycles. The number of thioether (sulfide) groups is 1. The number of hydrogen-bond donors (Lipinski definition) is 4. The standard InChI is InChI=1S/C11H17N5O3S/c1-6-14-2-7(10(13)16-6)4-20-5-8(12)11(19)15-3-9(17)18/h2,8H,3-5,12H2,1H3,(H,15,19)(H,17,18)(H2,13,14,16). The second kappa shape index (κ2) is 7.65. The molecule has 0 radical (unpaired) electrons. The van der Waals surface area contributed by atoms with Crippen molar-refractivity contribution >= 4 is 29.5 Å². The highest BCUT2D eigenvalue weighted by atomic mass is 32.2. The lowest BCUT2D eigenvalue weighted by molar-refractivity contribution is -0.138. The number of rotatable bonds is 7. The number of anilines is 1. The molecule has 9 heteroatoms. The Kier molecular flexibility index (Phi) is 6.19. The number of nitrogens with one attached hydrogen (secondary N) is 1. The molecule has 0 saturated carbocycles. The number of aryl methyl sites for hydroxylation is 1. The Bertz CT molecular complexity index is 497. The maximum absolute atomic E-state index is 11.4. The number of carboxylic acid groups (broad SMARTS) is 1. The maximum Gasteiger partial charge on any atom is 0.322 e. The Morgan fingerprint density at radius 2 is 2.25 bits per heavy atom. The van der Waals surface area contributed by atoms with E-state index in [4.69, 9.17) is 16.6 Å². The number of hydrogen-bond acceptors (Lipinski definition) is 7. The van der Waals surface area contributed by atoms with Crippen molar-refractivity contribution in [2.75, 3.05) is 18.0 Å². The molecular weight excluding hydrogens is 282 g/mol. The third kappa shape index (κ3) is 5.41. The van der Waals surface area contributed by atoms with E-state index in [1.807, 2.05) is 0 Å². The Balaban J connectivity index is 2.36. The van der Waals surface area contributed by atoms with Crippen molar-refractivity contribution in [2.24, 2.45) is 5.73 Å². The number of carbonyl (C=O) groups is 2. The normalized spacial score (nSPS) is 11.9. The summed E-state index contributed by atoms with van der Waals surface area (Å²) in [5.74, 6) is 0.288. The molecule has 1 atom stereocenters. The summed E-state index contributed by atoms with van der Waals surface area (Å²) < 4.78 is 0. The molecule has 1 aromatic heterocycles. The fourth-order valence-corrected chi connectivity index (χ4v) is 2.25. The molecule has 1 aromatic rings. The monoisotopic (exact) mass is 299 g/mol. The van der Waals surface area contributed by atoms with Gasteiger partial charge in [0.2, 0.25) is 5.91 Å². The molecule has 0 saturated heterocycles. The van der Waals surface area contributed by atoms with Gasteiger partial charge < -0.3 is 21.9 Å². The molecule has 0 aliphatic carbocycles. The summed E-state index contributed by atoms with van der Waals surface area (Å²) in [7, 11) is 0. The van der Waals surface area contributed by atoms with Gasteiger partial charge in [0.25, 0.3) is 0 Å². The molecular formula is C11H17N5O3S. The zero-order valence-electron chi connectivity index (χ0n) is 11.0. The van der Waals surface area contributed by atoms with Crippen LogP contribution in [0.5, 0.6) is 0 Å².